The molecule has 0 bridgehead atoms. The number of carbonyl (C=O) groups is 1. The Hall–Kier alpha value is -2.15. The molecule has 2 fully saturated rings. The topological polar surface area (TPSA) is 43.8 Å². The second-order valence-corrected chi connectivity index (χ2v) is 8.47. The van der Waals surface area contributed by atoms with E-state index in [-0.39, 0.29) is 29.4 Å². The monoisotopic (exact) mass is 413 g/mol. The summed E-state index contributed by atoms with van der Waals surface area (Å²) in [7, 11) is 0. The molecule has 2 atom stereocenters. The lowest BCUT2D eigenvalue weighted by atomic mass is 9.87. The van der Waals surface area contributed by atoms with E-state index in [1.165, 1.54) is 24.3 Å². The van der Waals surface area contributed by atoms with E-state index in [1.54, 1.807) is 24.3 Å². The van der Waals surface area contributed by atoms with Gasteiger partial charge >= 0.3 is 0 Å². The standard InChI is InChI=1S/C24H28F2N2O2/c25-20-5-1-17(2-6-20)15-27-12-11-22(23(29)16-27)28-13-9-19(10-14-28)24(30)18-3-7-21(26)8-4-18/h1-8,19,22-23,29H,9-16H2/t22-,23-/m0/s1/i25-1. The van der Waals surface area contributed by atoms with E-state index in [9.17, 15) is 18.7 Å². The number of nitrogens with zero attached hydrogens (tertiary/aromatic N) is 2. The third-order valence-corrected chi connectivity index (χ3v) is 6.45. The van der Waals surface area contributed by atoms with Crippen molar-refractivity contribution >= 4 is 5.78 Å². The quantitative estimate of drug-likeness (QED) is 0.762. The first-order chi connectivity index (χ1) is 14.5. The molecule has 2 aromatic carbocycles. The molecule has 0 aromatic heterocycles. The number of rotatable bonds is 5. The number of aliphatic hydroxyl groups is 1. The minimum absolute atomic E-state index is 0.0394. The Morgan fingerprint density at radius 2 is 1.50 bits per heavy atom. The number of hydrogen-bond donors (Lipinski definition) is 1. The second-order valence-electron chi connectivity index (χ2n) is 8.47. The first kappa shape index (κ1) is 21.1. The van der Waals surface area contributed by atoms with Crippen LogP contribution in [0.25, 0.3) is 0 Å². The van der Waals surface area contributed by atoms with Gasteiger partial charge in [-0.2, -0.15) is 0 Å². The number of piperidine rings is 2. The highest BCUT2D eigenvalue weighted by Crippen LogP contribution is 2.27. The van der Waals surface area contributed by atoms with Crippen molar-refractivity contribution in [2.45, 2.75) is 38.0 Å². The van der Waals surface area contributed by atoms with Crippen LogP contribution in [0.5, 0.6) is 0 Å². The van der Waals surface area contributed by atoms with Gasteiger partial charge in [-0.1, -0.05) is 12.1 Å². The fourth-order valence-electron chi connectivity index (χ4n) is 4.75. The molecule has 160 valence electrons. The van der Waals surface area contributed by atoms with Crippen molar-refractivity contribution in [1.29, 1.82) is 0 Å². The minimum Gasteiger partial charge on any atom is -0.390 e. The van der Waals surface area contributed by atoms with Crippen LogP contribution in [-0.4, -0.2) is 59.0 Å². The summed E-state index contributed by atoms with van der Waals surface area (Å²) in [5, 5.41) is 10.7. The Labute approximate surface area is 176 Å². The first-order valence-electron chi connectivity index (χ1n) is 10.7. The molecule has 0 radical (unpaired) electrons. The van der Waals surface area contributed by atoms with Crippen LogP contribution in [0, 0.1) is 17.6 Å². The maximum Gasteiger partial charge on any atom is 0.166 e. The van der Waals surface area contributed by atoms with Gasteiger partial charge in [-0.05, 0) is 74.3 Å². The van der Waals surface area contributed by atoms with Crippen molar-refractivity contribution in [1.82, 2.24) is 9.80 Å². The Morgan fingerprint density at radius 3 is 2.10 bits per heavy atom. The zero-order valence-electron chi connectivity index (χ0n) is 17.0. The SMILES string of the molecule is O=C(c1ccc(F)cc1)C1CCN([C@H]2CCN(Cc3ccc([18F])cc3)C[C@@H]2O)CC1. The zero-order chi connectivity index (χ0) is 21.1. The molecule has 4 nitrogen and oxygen atoms in total. The molecular formula is C24H28F2N2O2. The molecule has 0 aliphatic carbocycles. The van der Waals surface area contributed by atoms with Gasteiger partial charge in [0.25, 0.3) is 0 Å². The molecule has 1 N–H and O–H groups in total. The molecule has 4 rings (SSSR count). The van der Waals surface area contributed by atoms with E-state index in [0.717, 1.165) is 44.5 Å². The number of likely N-dealkylation sites (tertiary alicyclic amines) is 2. The van der Waals surface area contributed by atoms with Crippen molar-refractivity contribution in [3.05, 3.63) is 71.3 Å². The molecule has 2 aliphatic rings. The summed E-state index contributed by atoms with van der Waals surface area (Å²) >= 11 is 0. The molecule has 0 saturated carbocycles. The largest absolute Gasteiger partial charge is 0.390 e. The number of ketones is 1. The lowest BCUT2D eigenvalue weighted by Crippen LogP contribution is -2.55. The predicted octanol–water partition coefficient (Wildman–Crippen LogP) is 3.49. The van der Waals surface area contributed by atoms with Gasteiger partial charge in [-0.15, -0.1) is 0 Å². The van der Waals surface area contributed by atoms with Gasteiger partial charge in [-0.3, -0.25) is 14.6 Å². The van der Waals surface area contributed by atoms with E-state index < -0.39 is 6.10 Å². The van der Waals surface area contributed by atoms with Crippen molar-refractivity contribution < 1.29 is 18.7 Å². The van der Waals surface area contributed by atoms with E-state index in [1.807, 2.05) is 0 Å². The fraction of sp³-hybridized carbons (Fsp3) is 0.458. The molecular weight excluding hydrogens is 385 g/mol. The van der Waals surface area contributed by atoms with E-state index in [0.29, 0.717) is 18.7 Å². The Balaban J connectivity index is 1.27. The summed E-state index contributed by atoms with van der Waals surface area (Å²) in [6.07, 6.45) is 1.96. The molecule has 0 amide bonds. The van der Waals surface area contributed by atoms with Gasteiger partial charge in [0.1, 0.15) is 11.6 Å². The summed E-state index contributed by atoms with van der Waals surface area (Å²) in [5.41, 5.74) is 1.62. The van der Waals surface area contributed by atoms with Crippen LogP contribution in [0.3, 0.4) is 0 Å². The van der Waals surface area contributed by atoms with Gasteiger partial charge in [0.15, 0.2) is 5.78 Å². The highest BCUT2D eigenvalue weighted by atomic mass is 19.1. The highest BCUT2D eigenvalue weighted by Gasteiger charge is 2.35. The van der Waals surface area contributed by atoms with Crippen LogP contribution < -0.4 is 0 Å². The smallest absolute Gasteiger partial charge is 0.166 e. The first-order valence-corrected chi connectivity index (χ1v) is 10.7. The lowest BCUT2D eigenvalue weighted by Gasteiger charge is -2.44. The number of hydrogen-bond acceptors (Lipinski definition) is 4. The average Bonchev–Trinajstić information content (AvgIpc) is 2.76. The zero-order valence-corrected chi connectivity index (χ0v) is 17.0. The third-order valence-electron chi connectivity index (χ3n) is 6.45. The van der Waals surface area contributed by atoms with Crippen LogP contribution in [0.2, 0.25) is 0 Å². The summed E-state index contributed by atoms with van der Waals surface area (Å²) in [6, 6.07) is 12.4. The van der Waals surface area contributed by atoms with Gasteiger partial charge in [-0.25, -0.2) is 8.78 Å². The summed E-state index contributed by atoms with van der Waals surface area (Å²) < 4.78 is 26.2. The van der Waals surface area contributed by atoms with Crippen LogP contribution in [0.15, 0.2) is 48.5 Å². The van der Waals surface area contributed by atoms with Crippen LogP contribution in [-0.2, 0) is 6.54 Å². The number of aliphatic hydroxyl groups excluding tert-OH is 1. The van der Waals surface area contributed by atoms with Gasteiger partial charge in [0.2, 0.25) is 0 Å². The number of β-amino-alcohol motifs (C(OH)–C–C–N with tert-alkyl or cyclic N) is 1. The van der Waals surface area contributed by atoms with Gasteiger partial charge in [0, 0.05) is 37.2 Å². The number of Topliss-reactive ketones (excluding diaryl/α,β-unsaturated/α-hetero) is 1. The van der Waals surface area contributed by atoms with Crippen molar-refractivity contribution in [2.75, 3.05) is 26.2 Å². The van der Waals surface area contributed by atoms with Gasteiger partial charge < -0.3 is 5.11 Å². The molecule has 2 heterocycles. The minimum atomic E-state index is -0.441. The molecule has 2 aliphatic heterocycles. The van der Waals surface area contributed by atoms with E-state index >= 15 is 0 Å². The summed E-state index contributed by atoms with van der Waals surface area (Å²) in [4.78, 5) is 17.2. The Bertz CT molecular complexity index is 849. The second kappa shape index (κ2) is 9.33. The highest BCUT2D eigenvalue weighted by molar-refractivity contribution is 5.97. The number of halogens is 2. The molecule has 30 heavy (non-hydrogen) atoms. The van der Waals surface area contributed by atoms with Crippen LogP contribution in [0.1, 0.15) is 35.2 Å². The molecule has 2 aromatic rings. The van der Waals surface area contributed by atoms with Gasteiger partial charge in [0.05, 0.1) is 6.10 Å². The Morgan fingerprint density at radius 1 is 0.900 bits per heavy atom. The van der Waals surface area contributed by atoms with Crippen molar-refractivity contribution in [3.63, 3.8) is 0 Å². The number of benzene rings is 2. The molecule has 0 unspecified atom stereocenters. The van der Waals surface area contributed by atoms with E-state index in [2.05, 4.69) is 9.80 Å². The summed E-state index contributed by atoms with van der Waals surface area (Å²) in [5.74, 6) is -0.522. The predicted molar refractivity (Wildman–Crippen MR) is 111 cm³/mol. The Kier molecular flexibility index (Phi) is 6.56. The average molecular weight is 413 g/mol. The van der Waals surface area contributed by atoms with Crippen molar-refractivity contribution in [3.8, 4) is 0 Å². The maximum atomic E-state index is 13.1. The van der Waals surface area contributed by atoms with Crippen LogP contribution >= 0.6 is 0 Å². The molecule has 2 saturated heterocycles. The van der Waals surface area contributed by atoms with Crippen LogP contribution in [0.4, 0.5) is 8.78 Å². The maximum absolute atomic E-state index is 13.1. The molecule has 0 spiro atoms. The number of carbonyl (C=O) groups excluding carboxylic acids is 1. The fourth-order valence-corrected chi connectivity index (χ4v) is 4.75. The lowest BCUT2D eigenvalue weighted by molar-refractivity contribution is -0.0251. The van der Waals surface area contributed by atoms with Crippen molar-refractivity contribution in [2.24, 2.45) is 5.92 Å². The normalized spacial score (nSPS) is 24.1. The third kappa shape index (κ3) is 4.94. The van der Waals surface area contributed by atoms with E-state index in [4.69, 9.17) is 0 Å². The molecule has 6 heteroatoms. The summed E-state index contributed by atoms with van der Waals surface area (Å²) in [6.45, 7) is 3.76.